The molecule has 50 heavy (non-hydrogen) atoms. The Labute approximate surface area is 294 Å². The number of nitrogens with zero attached hydrogens (tertiary/aromatic N) is 3. The van der Waals surface area contributed by atoms with Crippen LogP contribution in [-0.4, -0.2) is 9.97 Å². The molecule has 0 unspecified atom stereocenters. The molecule has 0 saturated heterocycles. The molecule has 0 bridgehead atoms. The van der Waals surface area contributed by atoms with Gasteiger partial charge in [-0.15, -0.1) is 0 Å². The number of para-hydroxylation sites is 1. The number of hydrogen-bond donors (Lipinski definition) is 0. The fourth-order valence-electron chi connectivity index (χ4n) is 8.14. The second-order valence-electron chi connectivity index (χ2n) is 12.8. The molecule has 1 aliphatic carbocycles. The Hall–Kier alpha value is -6.28. The van der Waals surface area contributed by atoms with Crippen LogP contribution in [0.4, 0.5) is 0 Å². The molecule has 10 rings (SSSR count). The van der Waals surface area contributed by atoms with E-state index in [9.17, 15) is 5.26 Å². The number of aromatic nitrogens is 2. The van der Waals surface area contributed by atoms with Gasteiger partial charge in [0.1, 0.15) is 0 Å². The van der Waals surface area contributed by atoms with Gasteiger partial charge in [0, 0.05) is 26.3 Å². The third-order valence-corrected chi connectivity index (χ3v) is 11.4. The van der Waals surface area contributed by atoms with E-state index in [1.54, 1.807) is 0 Å². The van der Waals surface area contributed by atoms with Crippen molar-refractivity contribution in [3.8, 4) is 51.0 Å². The summed E-state index contributed by atoms with van der Waals surface area (Å²) in [6.07, 6.45) is 0. The molecule has 2 heterocycles. The van der Waals surface area contributed by atoms with Crippen LogP contribution in [0.3, 0.4) is 0 Å². The van der Waals surface area contributed by atoms with Crippen molar-refractivity contribution < 1.29 is 0 Å². The summed E-state index contributed by atoms with van der Waals surface area (Å²) in [4.78, 5) is 12.6. The van der Waals surface area contributed by atoms with Gasteiger partial charge in [-0.1, -0.05) is 145 Å². The molecule has 2 aliphatic rings. The van der Waals surface area contributed by atoms with Gasteiger partial charge in [0.2, 0.25) is 0 Å². The van der Waals surface area contributed by atoms with Crippen LogP contribution in [-0.2, 0) is 5.41 Å². The Bertz CT molecular complexity index is 2660. The SMILES string of the molecule is N#Cc1ccccc1-c1nc(-c2ccc(-c3cccc4c3-c3ccccc3C43c4ccccc4Sc4ccccc43)cc2)c2ccccc2n1. The van der Waals surface area contributed by atoms with Crippen LogP contribution >= 0.6 is 11.8 Å². The minimum absolute atomic E-state index is 0.406. The van der Waals surface area contributed by atoms with Crippen molar-refractivity contribution in [1.29, 1.82) is 5.26 Å². The molecule has 7 aromatic carbocycles. The lowest BCUT2D eigenvalue weighted by Gasteiger charge is -2.39. The highest BCUT2D eigenvalue weighted by Crippen LogP contribution is 2.63. The van der Waals surface area contributed by atoms with Crippen molar-refractivity contribution in [3.05, 3.63) is 192 Å². The average molecular weight is 654 g/mol. The van der Waals surface area contributed by atoms with Crippen LogP contribution in [0.2, 0.25) is 0 Å². The van der Waals surface area contributed by atoms with E-state index in [1.165, 1.54) is 48.7 Å². The topological polar surface area (TPSA) is 49.6 Å². The molecule has 1 aliphatic heterocycles. The number of benzene rings is 7. The molecule has 1 aromatic heterocycles. The van der Waals surface area contributed by atoms with Crippen LogP contribution < -0.4 is 0 Å². The first kappa shape index (κ1) is 28.7. The van der Waals surface area contributed by atoms with Crippen molar-refractivity contribution in [1.82, 2.24) is 9.97 Å². The van der Waals surface area contributed by atoms with Crippen LogP contribution in [0, 0.1) is 11.3 Å². The molecule has 4 heteroatoms. The zero-order chi connectivity index (χ0) is 33.2. The lowest BCUT2D eigenvalue weighted by molar-refractivity contribution is 0.722. The molecule has 0 radical (unpaired) electrons. The molecule has 0 amide bonds. The largest absolute Gasteiger partial charge is 0.228 e. The van der Waals surface area contributed by atoms with Gasteiger partial charge in [0.05, 0.1) is 28.3 Å². The van der Waals surface area contributed by atoms with Gasteiger partial charge in [-0.3, -0.25) is 0 Å². The first-order chi connectivity index (χ1) is 24.8. The molecular formula is C46H27N3S. The van der Waals surface area contributed by atoms with Crippen LogP contribution in [0.25, 0.3) is 55.8 Å². The lowest BCUT2D eigenvalue weighted by atomic mass is 9.67. The van der Waals surface area contributed by atoms with Crippen LogP contribution in [0.1, 0.15) is 27.8 Å². The predicted octanol–water partition coefficient (Wildman–Crippen LogP) is 11.3. The van der Waals surface area contributed by atoms with Crippen LogP contribution in [0.15, 0.2) is 174 Å². The minimum atomic E-state index is -0.406. The Morgan fingerprint density at radius 1 is 0.480 bits per heavy atom. The molecule has 8 aromatic rings. The van der Waals surface area contributed by atoms with E-state index in [0.717, 1.165) is 33.3 Å². The number of nitriles is 1. The monoisotopic (exact) mass is 653 g/mol. The van der Waals surface area contributed by atoms with Gasteiger partial charge in [-0.05, 0) is 74.8 Å². The summed E-state index contributed by atoms with van der Waals surface area (Å²) in [7, 11) is 0. The molecule has 0 N–H and O–H groups in total. The van der Waals surface area contributed by atoms with E-state index in [1.807, 2.05) is 54.2 Å². The second-order valence-corrected chi connectivity index (χ2v) is 13.8. The molecule has 3 nitrogen and oxygen atoms in total. The Kier molecular flexibility index (Phi) is 6.39. The first-order valence-electron chi connectivity index (χ1n) is 16.7. The molecular weight excluding hydrogens is 627 g/mol. The van der Waals surface area contributed by atoms with Crippen molar-refractivity contribution in [2.75, 3.05) is 0 Å². The van der Waals surface area contributed by atoms with Gasteiger partial charge in [0.25, 0.3) is 0 Å². The molecule has 1 spiro atoms. The normalized spacial score (nSPS) is 13.3. The lowest BCUT2D eigenvalue weighted by Crippen LogP contribution is -2.31. The van der Waals surface area contributed by atoms with Gasteiger partial charge in [-0.25, -0.2) is 9.97 Å². The maximum atomic E-state index is 9.82. The van der Waals surface area contributed by atoms with E-state index in [2.05, 4.69) is 127 Å². The summed E-state index contributed by atoms with van der Waals surface area (Å²) in [5, 5.41) is 10.8. The predicted molar refractivity (Wildman–Crippen MR) is 202 cm³/mol. The summed E-state index contributed by atoms with van der Waals surface area (Å²) in [5.41, 5.74) is 13.8. The van der Waals surface area contributed by atoms with E-state index >= 15 is 0 Å². The van der Waals surface area contributed by atoms with Crippen LogP contribution in [0.5, 0.6) is 0 Å². The minimum Gasteiger partial charge on any atom is -0.228 e. The molecule has 0 saturated carbocycles. The van der Waals surface area contributed by atoms with Gasteiger partial charge < -0.3 is 0 Å². The Morgan fingerprint density at radius 2 is 1.06 bits per heavy atom. The third kappa shape index (κ3) is 4.05. The molecule has 0 atom stereocenters. The van der Waals surface area contributed by atoms with Gasteiger partial charge in [-0.2, -0.15) is 5.26 Å². The van der Waals surface area contributed by atoms with Crippen molar-refractivity contribution in [2.24, 2.45) is 0 Å². The third-order valence-electron chi connectivity index (χ3n) is 10.2. The van der Waals surface area contributed by atoms with Gasteiger partial charge >= 0.3 is 0 Å². The maximum Gasteiger partial charge on any atom is 0.161 e. The van der Waals surface area contributed by atoms with E-state index < -0.39 is 5.41 Å². The Balaban J connectivity index is 1.16. The first-order valence-corrected chi connectivity index (χ1v) is 17.5. The number of fused-ring (bicyclic) bond motifs is 10. The summed E-state index contributed by atoms with van der Waals surface area (Å²) in [6, 6.07) is 60.3. The maximum absolute atomic E-state index is 9.82. The summed E-state index contributed by atoms with van der Waals surface area (Å²) < 4.78 is 0. The average Bonchev–Trinajstić information content (AvgIpc) is 3.48. The zero-order valence-corrected chi connectivity index (χ0v) is 27.7. The number of hydrogen-bond acceptors (Lipinski definition) is 4. The van der Waals surface area contributed by atoms with Crippen molar-refractivity contribution >= 4 is 22.7 Å². The van der Waals surface area contributed by atoms with Crippen molar-refractivity contribution in [3.63, 3.8) is 0 Å². The summed E-state index contributed by atoms with van der Waals surface area (Å²) >= 11 is 1.87. The fraction of sp³-hybridized carbons (Fsp3) is 0.0217. The molecule has 0 fully saturated rings. The second kappa shape index (κ2) is 11.1. The van der Waals surface area contributed by atoms with Gasteiger partial charge in [0.15, 0.2) is 5.82 Å². The zero-order valence-electron chi connectivity index (χ0n) is 26.8. The van der Waals surface area contributed by atoms with E-state index in [4.69, 9.17) is 9.97 Å². The molecule has 232 valence electrons. The summed E-state index contributed by atoms with van der Waals surface area (Å²) in [6.45, 7) is 0. The van der Waals surface area contributed by atoms with E-state index in [-0.39, 0.29) is 0 Å². The van der Waals surface area contributed by atoms with E-state index in [0.29, 0.717) is 11.4 Å². The highest BCUT2D eigenvalue weighted by atomic mass is 32.2. The highest BCUT2D eigenvalue weighted by molar-refractivity contribution is 7.99. The van der Waals surface area contributed by atoms with Crippen molar-refractivity contribution in [2.45, 2.75) is 15.2 Å². The smallest absolute Gasteiger partial charge is 0.161 e. The Morgan fingerprint density at radius 3 is 1.82 bits per heavy atom. The quantitative estimate of drug-likeness (QED) is 0.190. The standard InChI is InChI=1S/C46H27N3S/c47-28-31-12-1-2-13-33(31)45-48-40-21-8-4-15-35(40)44(49-45)30-26-24-29(25-27-30)32-16-11-20-39-43(32)34-14-3-5-17-36(34)46(39)37-18-6-9-22-41(37)50-42-23-10-7-19-38(42)46/h1-27H. The summed E-state index contributed by atoms with van der Waals surface area (Å²) in [5.74, 6) is 0.550. The fourth-order valence-corrected chi connectivity index (χ4v) is 9.34. The highest BCUT2D eigenvalue weighted by Gasteiger charge is 2.50. The number of rotatable bonds is 3.